The van der Waals surface area contributed by atoms with Crippen LogP contribution < -0.4 is 10.6 Å². The largest absolute Gasteiger partial charge is 0.371 e. The van der Waals surface area contributed by atoms with Crippen molar-refractivity contribution in [3.8, 4) is 0 Å². The van der Waals surface area contributed by atoms with E-state index in [1.165, 1.54) is 41.7 Å². The summed E-state index contributed by atoms with van der Waals surface area (Å²) in [4.78, 5) is 2.49. The van der Waals surface area contributed by atoms with Gasteiger partial charge in [0.2, 0.25) is 0 Å². The highest BCUT2D eigenvalue weighted by atomic mass is 79.9. The first-order valence-electron chi connectivity index (χ1n) is 7.29. The molecule has 1 aromatic carbocycles. The Morgan fingerprint density at radius 1 is 1.21 bits per heavy atom. The second kappa shape index (κ2) is 6.27. The lowest BCUT2D eigenvalue weighted by Gasteiger charge is -2.36. The Labute approximate surface area is 125 Å². The molecular formula is C16H25BrN2. The molecule has 1 atom stereocenters. The van der Waals surface area contributed by atoms with Crippen LogP contribution in [0, 0.1) is 11.8 Å². The number of nitrogens with zero attached hydrogens (tertiary/aromatic N) is 1. The van der Waals surface area contributed by atoms with Crippen LogP contribution in [0.5, 0.6) is 0 Å². The van der Waals surface area contributed by atoms with Crippen molar-refractivity contribution < 1.29 is 0 Å². The molecule has 2 N–H and O–H groups in total. The van der Waals surface area contributed by atoms with Gasteiger partial charge in [-0.3, -0.25) is 0 Å². The second-order valence-corrected chi connectivity index (χ2v) is 6.92. The fourth-order valence-corrected chi connectivity index (χ4v) is 3.52. The number of nitrogens with two attached hydrogens (primary N) is 1. The molecule has 2 nitrogen and oxygen atoms in total. The highest BCUT2D eigenvalue weighted by Gasteiger charge is 2.22. The lowest BCUT2D eigenvalue weighted by atomic mass is 9.86. The summed E-state index contributed by atoms with van der Waals surface area (Å²) >= 11 is 3.70. The van der Waals surface area contributed by atoms with E-state index in [-0.39, 0.29) is 6.04 Å². The molecule has 0 amide bonds. The van der Waals surface area contributed by atoms with Crippen molar-refractivity contribution in [1.29, 1.82) is 0 Å². The Morgan fingerprint density at radius 2 is 1.84 bits per heavy atom. The number of hydrogen-bond donors (Lipinski definition) is 1. The molecule has 0 unspecified atom stereocenters. The zero-order valence-corrected chi connectivity index (χ0v) is 13.8. The van der Waals surface area contributed by atoms with Crippen LogP contribution in [0.15, 0.2) is 22.7 Å². The third kappa shape index (κ3) is 3.51. The zero-order valence-electron chi connectivity index (χ0n) is 12.2. The van der Waals surface area contributed by atoms with Gasteiger partial charge in [-0.1, -0.05) is 19.9 Å². The average Bonchev–Trinajstić information content (AvgIpc) is 2.38. The molecule has 1 aromatic rings. The fourth-order valence-electron chi connectivity index (χ4n) is 2.87. The Kier molecular flexibility index (Phi) is 4.91. The number of halogens is 1. The van der Waals surface area contributed by atoms with Gasteiger partial charge in [-0.15, -0.1) is 0 Å². The Morgan fingerprint density at radius 3 is 2.32 bits per heavy atom. The average molecular weight is 325 g/mol. The molecule has 0 bridgehead atoms. The van der Waals surface area contributed by atoms with E-state index in [1.807, 2.05) is 6.92 Å². The smallest absolute Gasteiger partial charge is 0.0510 e. The maximum absolute atomic E-state index is 5.93. The van der Waals surface area contributed by atoms with E-state index in [0.29, 0.717) is 0 Å². The van der Waals surface area contributed by atoms with E-state index in [0.717, 1.165) is 11.8 Å². The van der Waals surface area contributed by atoms with Gasteiger partial charge in [0.15, 0.2) is 0 Å². The van der Waals surface area contributed by atoms with E-state index in [4.69, 9.17) is 5.73 Å². The third-order valence-electron chi connectivity index (χ3n) is 4.32. The van der Waals surface area contributed by atoms with Crippen molar-refractivity contribution in [2.24, 2.45) is 17.6 Å². The molecule has 0 saturated carbocycles. The molecule has 1 aliphatic rings. The normalized spacial score (nSPS) is 18.9. The highest BCUT2D eigenvalue weighted by molar-refractivity contribution is 9.10. The van der Waals surface area contributed by atoms with Crippen LogP contribution in [0.25, 0.3) is 0 Å². The topological polar surface area (TPSA) is 29.3 Å². The first-order valence-corrected chi connectivity index (χ1v) is 8.08. The lowest BCUT2D eigenvalue weighted by molar-refractivity contribution is 0.311. The number of benzene rings is 1. The molecule has 2 rings (SSSR count). The molecule has 0 aliphatic carbocycles. The Bertz CT molecular complexity index is 421. The first-order chi connectivity index (χ1) is 8.99. The monoisotopic (exact) mass is 324 g/mol. The van der Waals surface area contributed by atoms with Crippen molar-refractivity contribution in [3.63, 3.8) is 0 Å². The van der Waals surface area contributed by atoms with Crippen molar-refractivity contribution in [2.45, 2.75) is 39.7 Å². The van der Waals surface area contributed by atoms with E-state index in [9.17, 15) is 0 Å². The van der Waals surface area contributed by atoms with Crippen LogP contribution in [0.4, 0.5) is 5.69 Å². The molecule has 19 heavy (non-hydrogen) atoms. The highest BCUT2D eigenvalue weighted by Crippen LogP contribution is 2.33. The molecular weight excluding hydrogens is 300 g/mol. The summed E-state index contributed by atoms with van der Waals surface area (Å²) in [5.41, 5.74) is 8.43. The zero-order chi connectivity index (χ0) is 14.0. The van der Waals surface area contributed by atoms with Crippen LogP contribution in [0.2, 0.25) is 0 Å². The minimum atomic E-state index is 0.0945. The first kappa shape index (κ1) is 14.9. The van der Waals surface area contributed by atoms with Gasteiger partial charge in [0.1, 0.15) is 0 Å². The summed E-state index contributed by atoms with van der Waals surface area (Å²) in [7, 11) is 0. The number of piperidine rings is 1. The predicted octanol–water partition coefficient (Wildman–Crippen LogP) is 4.34. The van der Waals surface area contributed by atoms with Crippen LogP contribution >= 0.6 is 15.9 Å². The predicted molar refractivity (Wildman–Crippen MR) is 86.5 cm³/mol. The Hall–Kier alpha value is -0.540. The lowest BCUT2D eigenvalue weighted by Crippen LogP contribution is -2.35. The molecule has 0 radical (unpaired) electrons. The summed E-state index contributed by atoms with van der Waals surface area (Å²) in [6.45, 7) is 9.04. The minimum Gasteiger partial charge on any atom is -0.371 e. The van der Waals surface area contributed by atoms with Gasteiger partial charge in [-0.05, 0) is 65.2 Å². The van der Waals surface area contributed by atoms with E-state index < -0.39 is 0 Å². The van der Waals surface area contributed by atoms with Crippen LogP contribution in [-0.4, -0.2) is 13.1 Å². The van der Waals surface area contributed by atoms with Gasteiger partial charge < -0.3 is 10.6 Å². The van der Waals surface area contributed by atoms with Crippen molar-refractivity contribution in [1.82, 2.24) is 0 Å². The molecule has 0 spiro atoms. The number of rotatable bonds is 3. The maximum atomic E-state index is 5.93. The molecule has 106 valence electrons. The summed E-state index contributed by atoms with van der Waals surface area (Å²) in [5.74, 6) is 1.70. The van der Waals surface area contributed by atoms with Gasteiger partial charge in [-0.25, -0.2) is 0 Å². The van der Waals surface area contributed by atoms with E-state index >= 15 is 0 Å². The van der Waals surface area contributed by atoms with Crippen molar-refractivity contribution in [3.05, 3.63) is 28.2 Å². The van der Waals surface area contributed by atoms with Gasteiger partial charge in [0.25, 0.3) is 0 Å². The molecule has 1 aliphatic heterocycles. The maximum Gasteiger partial charge on any atom is 0.0510 e. The molecule has 1 saturated heterocycles. The Balaban J connectivity index is 2.07. The van der Waals surface area contributed by atoms with Crippen LogP contribution in [0.3, 0.4) is 0 Å². The van der Waals surface area contributed by atoms with Crippen molar-refractivity contribution >= 4 is 21.6 Å². The number of hydrogen-bond acceptors (Lipinski definition) is 2. The molecule has 3 heteroatoms. The molecule has 1 heterocycles. The van der Waals surface area contributed by atoms with E-state index in [2.05, 4.69) is 52.9 Å². The quantitative estimate of drug-likeness (QED) is 0.896. The third-order valence-corrected chi connectivity index (χ3v) is 4.96. The SMILES string of the molecule is CC(C)C1CCN(c2ccc([C@@H](C)N)cc2Br)CC1. The van der Waals surface area contributed by atoms with Gasteiger partial charge in [0.05, 0.1) is 5.69 Å². The summed E-state index contributed by atoms with van der Waals surface area (Å²) in [6, 6.07) is 6.61. The van der Waals surface area contributed by atoms with Crippen molar-refractivity contribution in [2.75, 3.05) is 18.0 Å². The van der Waals surface area contributed by atoms with Gasteiger partial charge in [0, 0.05) is 23.6 Å². The summed E-state index contributed by atoms with van der Waals surface area (Å²) in [5, 5.41) is 0. The molecule has 0 aromatic heterocycles. The second-order valence-electron chi connectivity index (χ2n) is 6.07. The van der Waals surface area contributed by atoms with E-state index in [1.54, 1.807) is 0 Å². The summed E-state index contributed by atoms with van der Waals surface area (Å²) < 4.78 is 1.17. The van der Waals surface area contributed by atoms with Gasteiger partial charge in [-0.2, -0.15) is 0 Å². The number of anilines is 1. The minimum absolute atomic E-state index is 0.0945. The van der Waals surface area contributed by atoms with Gasteiger partial charge >= 0.3 is 0 Å². The standard InChI is InChI=1S/C16H25BrN2/c1-11(2)13-6-8-19(9-7-13)16-5-4-14(12(3)18)10-15(16)17/h4-5,10-13H,6-9,18H2,1-3H3/t12-/m1/s1. The van der Waals surface area contributed by atoms with Crippen LogP contribution in [0.1, 0.15) is 45.2 Å². The summed E-state index contributed by atoms with van der Waals surface area (Å²) in [6.07, 6.45) is 2.61. The van der Waals surface area contributed by atoms with Crippen LogP contribution in [-0.2, 0) is 0 Å². The molecule has 1 fully saturated rings. The fraction of sp³-hybridized carbons (Fsp3) is 0.625.